The number of imidazole rings is 1. The van der Waals surface area contributed by atoms with Crippen LogP contribution >= 0.6 is 0 Å². The highest BCUT2D eigenvalue weighted by atomic mass is 16.5. The predicted molar refractivity (Wildman–Crippen MR) is 74.5 cm³/mol. The van der Waals surface area contributed by atoms with Crippen molar-refractivity contribution in [1.29, 1.82) is 0 Å². The van der Waals surface area contributed by atoms with Crippen LogP contribution < -0.4 is 15.2 Å². The van der Waals surface area contributed by atoms with Gasteiger partial charge in [0, 0.05) is 12.0 Å². The zero-order valence-corrected chi connectivity index (χ0v) is 11.3. The SMILES string of the molecule is COc1ccc(-c2cnc(CCCN)[nH]2)cc1OC. The van der Waals surface area contributed by atoms with Gasteiger partial charge in [-0.3, -0.25) is 0 Å². The number of methoxy groups -OCH3 is 2. The van der Waals surface area contributed by atoms with Gasteiger partial charge in [0.05, 0.1) is 26.1 Å². The molecule has 3 N–H and O–H groups in total. The fourth-order valence-electron chi connectivity index (χ4n) is 1.91. The molecule has 1 heterocycles. The number of aromatic nitrogens is 2. The number of nitrogens with two attached hydrogens (primary N) is 1. The number of ether oxygens (including phenoxy) is 2. The van der Waals surface area contributed by atoms with Gasteiger partial charge in [0.15, 0.2) is 11.5 Å². The predicted octanol–water partition coefficient (Wildman–Crippen LogP) is 1.99. The van der Waals surface area contributed by atoms with Gasteiger partial charge in [-0.25, -0.2) is 4.98 Å². The molecule has 2 rings (SSSR count). The lowest BCUT2D eigenvalue weighted by Gasteiger charge is -2.08. The minimum atomic E-state index is 0.673. The number of aryl methyl sites for hydroxylation is 1. The van der Waals surface area contributed by atoms with Crippen LogP contribution in [-0.2, 0) is 6.42 Å². The zero-order chi connectivity index (χ0) is 13.7. The third-order valence-corrected chi connectivity index (χ3v) is 2.94. The summed E-state index contributed by atoms with van der Waals surface area (Å²) >= 11 is 0. The molecule has 0 atom stereocenters. The van der Waals surface area contributed by atoms with Crippen molar-refractivity contribution in [2.24, 2.45) is 5.73 Å². The first-order chi connectivity index (χ1) is 9.28. The third-order valence-electron chi connectivity index (χ3n) is 2.94. The van der Waals surface area contributed by atoms with Crippen molar-refractivity contribution in [1.82, 2.24) is 9.97 Å². The van der Waals surface area contributed by atoms with Gasteiger partial charge >= 0.3 is 0 Å². The highest BCUT2D eigenvalue weighted by Gasteiger charge is 2.08. The van der Waals surface area contributed by atoms with Crippen LogP contribution in [0.15, 0.2) is 24.4 Å². The highest BCUT2D eigenvalue weighted by molar-refractivity contribution is 5.63. The summed E-state index contributed by atoms with van der Waals surface area (Å²) in [4.78, 5) is 7.64. The smallest absolute Gasteiger partial charge is 0.161 e. The Morgan fingerprint density at radius 2 is 2.00 bits per heavy atom. The first-order valence-corrected chi connectivity index (χ1v) is 6.25. The molecule has 102 valence electrons. The van der Waals surface area contributed by atoms with Gasteiger partial charge in [0.1, 0.15) is 5.82 Å². The Morgan fingerprint density at radius 1 is 1.21 bits per heavy atom. The Bertz CT molecular complexity index is 537. The standard InChI is InChI=1S/C14H19N3O2/c1-18-12-6-5-10(8-13(12)19-2)11-9-16-14(17-11)4-3-7-15/h5-6,8-9H,3-4,7,15H2,1-2H3,(H,16,17). The van der Waals surface area contributed by atoms with Crippen LogP contribution in [0.2, 0.25) is 0 Å². The molecule has 5 nitrogen and oxygen atoms in total. The summed E-state index contributed by atoms with van der Waals surface area (Å²) in [7, 11) is 3.25. The topological polar surface area (TPSA) is 73.2 Å². The summed E-state index contributed by atoms with van der Waals surface area (Å²) in [5, 5.41) is 0. The van der Waals surface area contributed by atoms with Gasteiger partial charge in [-0.2, -0.15) is 0 Å². The molecular formula is C14H19N3O2. The fraction of sp³-hybridized carbons (Fsp3) is 0.357. The monoisotopic (exact) mass is 261 g/mol. The molecule has 0 unspecified atom stereocenters. The lowest BCUT2D eigenvalue weighted by molar-refractivity contribution is 0.355. The molecule has 0 spiro atoms. The molecule has 0 saturated carbocycles. The zero-order valence-electron chi connectivity index (χ0n) is 11.3. The van der Waals surface area contributed by atoms with E-state index in [1.165, 1.54) is 0 Å². The number of hydrogen-bond donors (Lipinski definition) is 2. The first kappa shape index (κ1) is 13.4. The van der Waals surface area contributed by atoms with E-state index in [2.05, 4.69) is 9.97 Å². The van der Waals surface area contributed by atoms with Gasteiger partial charge in [0.2, 0.25) is 0 Å². The van der Waals surface area contributed by atoms with Crippen molar-refractivity contribution in [2.75, 3.05) is 20.8 Å². The number of nitrogens with zero attached hydrogens (tertiary/aromatic N) is 1. The molecule has 1 aromatic carbocycles. The highest BCUT2D eigenvalue weighted by Crippen LogP contribution is 2.31. The molecule has 0 aliphatic rings. The molecule has 1 aromatic heterocycles. The summed E-state index contributed by atoms with van der Waals surface area (Å²) in [5.74, 6) is 2.38. The van der Waals surface area contributed by atoms with E-state index in [-0.39, 0.29) is 0 Å². The van der Waals surface area contributed by atoms with Crippen LogP contribution in [0.1, 0.15) is 12.2 Å². The Labute approximate surface area is 112 Å². The van der Waals surface area contributed by atoms with Crippen molar-refractivity contribution in [3.8, 4) is 22.8 Å². The molecule has 0 bridgehead atoms. The van der Waals surface area contributed by atoms with Crippen LogP contribution in [0, 0.1) is 0 Å². The van der Waals surface area contributed by atoms with E-state index in [0.29, 0.717) is 18.0 Å². The Morgan fingerprint density at radius 3 is 2.68 bits per heavy atom. The van der Waals surface area contributed by atoms with Crippen LogP contribution in [-0.4, -0.2) is 30.7 Å². The van der Waals surface area contributed by atoms with Crippen LogP contribution in [0.4, 0.5) is 0 Å². The van der Waals surface area contributed by atoms with E-state index < -0.39 is 0 Å². The summed E-state index contributed by atoms with van der Waals surface area (Å²) in [5.41, 5.74) is 7.48. The molecule has 0 aliphatic heterocycles. The normalized spacial score (nSPS) is 10.5. The van der Waals surface area contributed by atoms with E-state index in [1.54, 1.807) is 14.2 Å². The molecule has 0 radical (unpaired) electrons. The Hall–Kier alpha value is -2.01. The van der Waals surface area contributed by atoms with Crippen molar-refractivity contribution < 1.29 is 9.47 Å². The lowest BCUT2D eigenvalue weighted by atomic mass is 10.1. The average molecular weight is 261 g/mol. The van der Waals surface area contributed by atoms with Crippen LogP contribution in [0.3, 0.4) is 0 Å². The van der Waals surface area contributed by atoms with Crippen molar-refractivity contribution in [3.05, 3.63) is 30.2 Å². The van der Waals surface area contributed by atoms with Crippen molar-refractivity contribution >= 4 is 0 Å². The summed E-state index contributed by atoms with van der Waals surface area (Å²) in [6, 6.07) is 5.79. The van der Waals surface area contributed by atoms with E-state index in [0.717, 1.165) is 29.9 Å². The molecule has 19 heavy (non-hydrogen) atoms. The van der Waals surface area contributed by atoms with Crippen molar-refractivity contribution in [3.63, 3.8) is 0 Å². The number of hydrogen-bond acceptors (Lipinski definition) is 4. The van der Waals surface area contributed by atoms with E-state index in [9.17, 15) is 0 Å². The van der Waals surface area contributed by atoms with Gasteiger partial charge in [-0.15, -0.1) is 0 Å². The molecule has 2 aromatic rings. The maximum Gasteiger partial charge on any atom is 0.161 e. The second-order valence-electron chi connectivity index (χ2n) is 4.21. The summed E-state index contributed by atoms with van der Waals surface area (Å²) < 4.78 is 10.5. The second kappa shape index (κ2) is 6.24. The van der Waals surface area contributed by atoms with Gasteiger partial charge < -0.3 is 20.2 Å². The largest absolute Gasteiger partial charge is 0.493 e. The molecule has 0 fully saturated rings. The van der Waals surface area contributed by atoms with E-state index >= 15 is 0 Å². The molecule has 0 aliphatic carbocycles. The Kier molecular flexibility index (Phi) is 4.41. The number of rotatable bonds is 6. The molecule has 5 heteroatoms. The minimum Gasteiger partial charge on any atom is -0.493 e. The van der Waals surface area contributed by atoms with Gasteiger partial charge in [0.25, 0.3) is 0 Å². The van der Waals surface area contributed by atoms with E-state index in [1.807, 2.05) is 24.4 Å². The Balaban J connectivity index is 2.23. The summed E-state index contributed by atoms with van der Waals surface area (Å²) in [6.07, 6.45) is 3.62. The minimum absolute atomic E-state index is 0.673. The fourth-order valence-corrected chi connectivity index (χ4v) is 1.91. The van der Waals surface area contributed by atoms with Crippen LogP contribution in [0.5, 0.6) is 11.5 Å². The summed E-state index contributed by atoms with van der Waals surface area (Å²) in [6.45, 7) is 0.673. The molecule has 0 amide bonds. The maximum atomic E-state index is 5.49. The average Bonchev–Trinajstić information content (AvgIpc) is 2.93. The second-order valence-corrected chi connectivity index (χ2v) is 4.21. The first-order valence-electron chi connectivity index (χ1n) is 6.25. The van der Waals surface area contributed by atoms with Gasteiger partial charge in [-0.05, 0) is 31.2 Å². The quantitative estimate of drug-likeness (QED) is 0.834. The van der Waals surface area contributed by atoms with E-state index in [4.69, 9.17) is 15.2 Å². The number of aromatic amines is 1. The molecular weight excluding hydrogens is 242 g/mol. The van der Waals surface area contributed by atoms with Crippen molar-refractivity contribution in [2.45, 2.75) is 12.8 Å². The lowest BCUT2D eigenvalue weighted by Crippen LogP contribution is -2.01. The van der Waals surface area contributed by atoms with Crippen LogP contribution in [0.25, 0.3) is 11.3 Å². The maximum absolute atomic E-state index is 5.49. The number of H-pyrrole nitrogens is 1. The molecule has 0 saturated heterocycles. The van der Waals surface area contributed by atoms with Gasteiger partial charge in [-0.1, -0.05) is 0 Å². The number of benzene rings is 1. The third kappa shape index (κ3) is 3.06. The number of nitrogens with one attached hydrogen (secondary N) is 1.